The summed E-state index contributed by atoms with van der Waals surface area (Å²) < 4.78 is 0. The van der Waals surface area contributed by atoms with Gasteiger partial charge in [-0.25, -0.2) is 0 Å². The van der Waals surface area contributed by atoms with E-state index in [1.54, 1.807) is 0 Å². The summed E-state index contributed by atoms with van der Waals surface area (Å²) in [4.78, 5) is 15.7. The number of carbonyl (C=O) groups is 1. The number of rotatable bonds is 2. The standard InChI is InChI=1S/C17H22N2O2/c1-10-11(2)18-14-8-7-12(9-13(10)14)17(21)19-15-5-3-4-6-16(15)20/h7-9,15-16,18,20H,3-6H2,1-2H3,(H,19,21). The van der Waals surface area contributed by atoms with Gasteiger partial charge in [-0.15, -0.1) is 0 Å². The van der Waals surface area contributed by atoms with Crippen molar-refractivity contribution in [3.8, 4) is 0 Å². The molecule has 1 aromatic heterocycles. The number of aryl methyl sites for hydroxylation is 2. The summed E-state index contributed by atoms with van der Waals surface area (Å²) in [5, 5.41) is 14.0. The summed E-state index contributed by atoms with van der Waals surface area (Å²) in [5.41, 5.74) is 4.02. The number of aliphatic hydroxyl groups excluding tert-OH is 1. The Kier molecular flexibility index (Phi) is 3.72. The first kappa shape index (κ1) is 14.1. The van der Waals surface area contributed by atoms with Crippen LogP contribution in [0.15, 0.2) is 18.2 Å². The molecule has 0 aliphatic heterocycles. The lowest BCUT2D eigenvalue weighted by Crippen LogP contribution is -2.45. The average molecular weight is 286 g/mol. The van der Waals surface area contributed by atoms with Crippen molar-refractivity contribution in [2.45, 2.75) is 51.7 Å². The number of nitrogens with one attached hydrogen (secondary N) is 2. The second kappa shape index (κ2) is 5.53. The molecule has 2 unspecified atom stereocenters. The summed E-state index contributed by atoms with van der Waals surface area (Å²) in [6.45, 7) is 4.09. The quantitative estimate of drug-likeness (QED) is 0.795. The molecule has 0 radical (unpaired) electrons. The van der Waals surface area contributed by atoms with Gasteiger partial charge in [0.1, 0.15) is 0 Å². The molecule has 1 saturated carbocycles. The molecule has 1 amide bonds. The summed E-state index contributed by atoms with van der Waals surface area (Å²) >= 11 is 0. The van der Waals surface area contributed by atoms with E-state index in [2.05, 4.69) is 17.2 Å². The van der Waals surface area contributed by atoms with Crippen LogP contribution in [0.2, 0.25) is 0 Å². The number of benzene rings is 1. The number of aliphatic hydroxyl groups is 1. The van der Waals surface area contributed by atoms with Crippen LogP contribution in [0.1, 0.15) is 47.3 Å². The fourth-order valence-corrected chi connectivity index (χ4v) is 3.13. The average Bonchev–Trinajstić information content (AvgIpc) is 2.76. The number of hydrogen-bond acceptors (Lipinski definition) is 2. The van der Waals surface area contributed by atoms with E-state index in [-0.39, 0.29) is 11.9 Å². The van der Waals surface area contributed by atoms with Crippen LogP contribution in [0.25, 0.3) is 10.9 Å². The predicted molar refractivity (Wildman–Crippen MR) is 83.5 cm³/mol. The molecule has 0 bridgehead atoms. The summed E-state index contributed by atoms with van der Waals surface area (Å²) in [6.07, 6.45) is 3.33. The zero-order chi connectivity index (χ0) is 15.0. The largest absolute Gasteiger partial charge is 0.391 e. The van der Waals surface area contributed by atoms with Crippen molar-refractivity contribution in [2.75, 3.05) is 0 Å². The van der Waals surface area contributed by atoms with Gasteiger partial charge in [-0.05, 0) is 50.5 Å². The molecule has 21 heavy (non-hydrogen) atoms. The van der Waals surface area contributed by atoms with Crippen molar-refractivity contribution in [3.63, 3.8) is 0 Å². The van der Waals surface area contributed by atoms with E-state index in [1.807, 2.05) is 25.1 Å². The maximum Gasteiger partial charge on any atom is 0.251 e. The maximum atomic E-state index is 12.4. The molecule has 1 aliphatic carbocycles. The highest BCUT2D eigenvalue weighted by atomic mass is 16.3. The van der Waals surface area contributed by atoms with Crippen molar-refractivity contribution < 1.29 is 9.90 Å². The van der Waals surface area contributed by atoms with Gasteiger partial charge in [0.05, 0.1) is 12.1 Å². The van der Waals surface area contributed by atoms with Gasteiger partial charge in [0, 0.05) is 22.2 Å². The van der Waals surface area contributed by atoms with Gasteiger partial charge in [0.2, 0.25) is 0 Å². The van der Waals surface area contributed by atoms with Gasteiger partial charge in [0.15, 0.2) is 0 Å². The lowest BCUT2D eigenvalue weighted by molar-refractivity contribution is 0.0717. The summed E-state index contributed by atoms with van der Waals surface area (Å²) in [5.74, 6) is -0.0962. The minimum Gasteiger partial charge on any atom is -0.391 e. The van der Waals surface area contributed by atoms with Gasteiger partial charge in [0.25, 0.3) is 5.91 Å². The lowest BCUT2D eigenvalue weighted by atomic mass is 9.92. The van der Waals surface area contributed by atoms with E-state index < -0.39 is 6.10 Å². The zero-order valence-corrected chi connectivity index (χ0v) is 12.6. The van der Waals surface area contributed by atoms with Crippen LogP contribution in [0.4, 0.5) is 0 Å². The Balaban J connectivity index is 1.82. The number of aromatic amines is 1. The Morgan fingerprint density at radius 3 is 2.81 bits per heavy atom. The Morgan fingerprint density at radius 1 is 1.29 bits per heavy atom. The third-order valence-corrected chi connectivity index (χ3v) is 4.62. The molecule has 2 aromatic rings. The molecule has 112 valence electrons. The molecule has 1 heterocycles. The Bertz CT molecular complexity index is 675. The molecule has 4 nitrogen and oxygen atoms in total. The molecule has 2 atom stereocenters. The van der Waals surface area contributed by atoms with Crippen molar-refractivity contribution in [1.29, 1.82) is 0 Å². The van der Waals surface area contributed by atoms with E-state index in [0.717, 1.165) is 42.3 Å². The SMILES string of the molecule is Cc1[nH]c2ccc(C(=O)NC3CCCCC3O)cc2c1C. The number of carbonyl (C=O) groups excluding carboxylic acids is 1. The Labute approximate surface area is 124 Å². The Hall–Kier alpha value is -1.81. The number of H-pyrrole nitrogens is 1. The molecule has 4 heteroatoms. The first-order chi connectivity index (χ1) is 10.1. The maximum absolute atomic E-state index is 12.4. The van der Waals surface area contributed by atoms with Gasteiger partial charge in [-0.1, -0.05) is 12.8 Å². The second-order valence-electron chi connectivity index (χ2n) is 6.07. The van der Waals surface area contributed by atoms with Gasteiger partial charge >= 0.3 is 0 Å². The number of hydrogen-bond donors (Lipinski definition) is 3. The second-order valence-corrected chi connectivity index (χ2v) is 6.07. The van der Waals surface area contributed by atoms with Crippen molar-refractivity contribution in [1.82, 2.24) is 10.3 Å². The fourth-order valence-electron chi connectivity index (χ4n) is 3.13. The van der Waals surface area contributed by atoms with Gasteiger partial charge < -0.3 is 15.4 Å². The zero-order valence-electron chi connectivity index (χ0n) is 12.6. The van der Waals surface area contributed by atoms with Crippen LogP contribution in [0.5, 0.6) is 0 Å². The van der Waals surface area contributed by atoms with Crippen LogP contribution < -0.4 is 5.32 Å². The lowest BCUT2D eigenvalue weighted by Gasteiger charge is -2.28. The van der Waals surface area contributed by atoms with Crippen LogP contribution >= 0.6 is 0 Å². The van der Waals surface area contributed by atoms with Crippen molar-refractivity contribution in [3.05, 3.63) is 35.0 Å². The van der Waals surface area contributed by atoms with Gasteiger partial charge in [-0.2, -0.15) is 0 Å². The van der Waals surface area contributed by atoms with Crippen molar-refractivity contribution in [2.24, 2.45) is 0 Å². The molecule has 3 rings (SSSR count). The highest BCUT2D eigenvalue weighted by Crippen LogP contribution is 2.23. The molecular formula is C17H22N2O2. The molecule has 1 aliphatic rings. The molecule has 0 saturated heterocycles. The predicted octanol–water partition coefficient (Wildman–Crippen LogP) is 2.82. The monoisotopic (exact) mass is 286 g/mol. The molecule has 1 fully saturated rings. The molecule has 1 aromatic carbocycles. The van der Waals surface area contributed by atoms with E-state index in [9.17, 15) is 9.90 Å². The first-order valence-electron chi connectivity index (χ1n) is 7.64. The van der Waals surface area contributed by atoms with Crippen LogP contribution in [0, 0.1) is 13.8 Å². The molecular weight excluding hydrogens is 264 g/mol. The molecule has 3 N–H and O–H groups in total. The van der Waals surface area contributed by atoms with E-state index >= 15 is 0 Å². The van der Waals surface area contributed by atoms with E-state index in [0.29, 0.717) is 5.56 Å². The van der Waals surface area contributed by atoms with Crippen LogP contribution in [-0.2, 0) is 0 Å². The highest BCUT2D eigenvalue weighted by Gasteiger charge is 2.24. The minimum atomic E-state index is -0.414. The van der Waals surface area contributed by atoms with Crippen LogP contribution in [0.3, 0.4) is 0 Å². The number of fused-ring (bicyclic) bond motifs is 1. The number of aromatic nitrogens is 1. The van der Waals surface area contributed by atoms with Crippen LogP contribution in [-0.4, -0.2) is 28.1 Å². The minimum absolute atomic E-state index is 0.0962. The molecule has 0 spiro atoms. The normalized spacial score (nSPS) is 22.4. The van der Waals surface area contributed by atoms with E-state index in [4.69, 9.17) is 0 Å². The van der Waals surface area contributed by atoms with E-state index in [1.165, 1.54) is 5.56 Å². The smallest absolute Gasteiger partial charge is 0.251 e. The van der Waals surface area contributed by atoms with Crippen molar-refractivity contribution >= 4 is 16.8 Å². The third kappa shape index (κ3) is 2.68. The third-order valence-electron chi connectivity index (χ3n) is 4.62. The summed E-state index contributed by atoms with van der Waals surface area (Å²) in [7, 11) is 0. The Morgan fingerprint density at radius 2 is 2.05 bits per heavy atom. The summed E-state index contributed by atoms with van der Waals surface area (Å²) in [6, 6.07) is 5.60. The number of amides is 1. The first-order valence-corrected chi connectivity index (χ1v) is 7.64. The fraction of sp³-hybridized carbons (Fsp3) is 0.471. The highest BCUT2D eigenvalue weighted by molar-refractivity contribution is 5.99. The topological polar surface area (TPSA) is 65.1 Å². The van der Waals surface area contributed by atoms with Gasteiger partial charge in [-0.3, -0.25) is 4.79 Å².